The molecule has 0 saturated heterocycles. The number of carboxylic acid groups (broad SMARTS) is 1. The molecule has 0 unspecified atom stereocenters. The number of alkyl carbamates (subject to hydrolysis) is 1. The Hall–Kier alpha value is -1.34. The maximum atomic E-state index is 11.7. The summed E-state index contributed by atoms with van der Waals surface area (Å²) in [5.74, 6) is -0.998. The summed E-state index contributed by atoms with van der Waals surface area (Å²) in [6.07, 6.45) is -0.811. The summed E-state index contributed by atoms with van der Waals surface area (Å²) in [4.78, 5) is 24.2. The van der Waals surface area contributed by atoms with Crippen LogP contribution in [0.25, 0.3) is 0 Å². The fourth-order valence-electron chi connectivity index (χ4n) is 1.48. The van der Waals surface area contributed by atoms with Gasteiger partial charge in [0.1, 0.15) is 5.60 Å². The third kappa shape index (κ3) is 9.26. The zero-order valence-corrected chi connectivity index (χ0v) is 12.3. The third-order valence-electron chi connectivity index (χ3n) is 2.19. The first-order valence-corrected chi connectivity index (χ1v) is 6.13. The molecule has 0 aliphatic rings. The number of nitrogens with one attached hydrogen (secondary N) is 1. The molecule has 0 aliphatic carbocycles. The van der Waals surface area contributed by atoms with Crippen LogP contribution in [-0.4, -0.2) is 60.4 Å². The van der Waals surface area contributed by atoms with E-state index in [1.54, 1.807) is 20.8 Å². The molecule has 0 bridgehead atoms. The first kappa shape index (κ1) is 17.7. The van der Waals surface area contributed by atoms with Crippen molar-refractivity contribution in [1.82, 2.24) is 10.2 Å². The van der Waals surface area contributed by atoms with Crippen molar-refractivity contribution < 1.29 is 19.4 Å². The Bertz CT molecular complexity index is 313. The van der Waals surface area contributed by atoms with Gasteiger partial charge < -0.3 is 25.8 Å². The molecule has 112 valence electrons. The Balaban J connectivity index is 4.58. The number of carbonyl (C=O) groups excluding carboxylic acids is 1. The van der Waals surface area contributed by atoms with E-state index in [0.29, 0.717) is 6.54 Å². The Morgan fingerprint density at radius 3 is 2.26 bits per heavy atom. The second-order valence-electron chi connectivity index (χ2n) is 5.78. The lowest BCUT2D eigenvalue weighted by molar-refractivity contribution is -0.137. The SMILES string of the molecule is CN(C)C[C@H](NC(=O)OC(C)(C)C)[C@H](N)CC(=O)O. The normalized spacial score (nSPS) is 14.9. The molecule has 0 rings (SSSR count). The number of carboxylic acids is 1. The minimum Gasteiger partial charge on any atom is -0.481 e. The van der Waals surface area contributed by atoms with E-state index < -0.39 is 29.7 Å². The summed E-state index contributed by atoms with van der Waals surface area (Å²) in [5.41, 5.74) is 5.19. The van der Waals surface area contributed by atoms with E-state index in [-0.39, 0.29) is 6.42 Å². The van der Waals surface area contributed by atoms with Crippen LogP contribution in [0.1, 0.15) is 27.2 Å². The molecule has 2 atom stereocenters. The van der Waals surface area contributed by atoms with E-state index in [1.807, 2.05) is 19.0 Å². The smallest absolute Gasteiger partial charge is 0.407 e. The van der Waals surface area contributed by atoms with Gasteiger partial charge in [-0.25, -0.2) is 4.79 Å². The number of likely N-dealkylation sites (N-methyl/N-ethyl adjacent to an activating group) is 1. The number of nitrogens with zero attached hydrogens (tertiary/aromatic N) is 1. The highest BCUT2D eigenvalue weighted by Crippen LogP contribution is 2.08. The molecule has 0 radical (unpaired) electrons. The number of ether oxygens (including phenoxy) is 1. The van der Waals surface area contributed by atoms with Gasteiger partial charge in [0.05, 0.1) is 12.5 Å². The van der Waals surface area contributed by atoms with Gasteiger partial charge in [-0.1, -0.05) is 0 Å². The lowest BCUT2D eigenvalue weighted by Gasteiger charge is -2.28. The standard InChI is InChI=1S/C12H25N3O4/c1-12(2,3)19-11(18)14-9(7-15(4)5)8(13)6-10(16)17/h8-9H,6-7,13H2,1-5H3,(H,14,18)(H,16,17)/t8-,9+/m1/s1. The number of hydrogen-bond donors (Lipinski definition) is 3. The molecule has 0 aromatic heterocycles. The van der Waals surface area contributed by atoms with Crippen LogP contribution in [0.4, 0.5) is 4.79 Å². The molecule has 1 amide bonds. The Kier molecular flexibility index (Phi) is 6.78. The van der Waals surface area contributed by atoms with E-state index >= 15 is 0 Å². The molecular weight excluding hydrogens is 250 g/mol. The molecule has 0 heterocycles. The fourth-order valence-corrected chi connectivity index (χ4v) is 1.48. The van der Waals surface area contributed by atoms with Gasteiger partial charge in [0.15, 0.2) is 0 Å². The maximum Gasteiger partial charge on any atom is 0.407 e. The lowest BCUT2D eigenvalue weighted by Crippen LogP contribution is -2.54. The highest BCUT2D eigenvalue weighted by atomic mass is 16.6. The van der Waals surface area contributed by atoms with Crippen LogP contribution in [0.3, 0.4) is 0 Å². The molecule has 0 aromatic rings. The van der Waals surface area contributed by atoms with E-state index in [9.17, 15) is 9.59 Å². The van der Waals surface area contributed by atoms with Crippen molar-refractivity contribution in [3.05, 3.63) is 0 Å². The summed E-state index contributed by atoms with van der Waals surface area (Å²) in [6, 6.07) is -1.16. The second kappa shape index (κ2) is 7.30. The zero-order chi connectivity index (χ0) is 15.2. The van der Waals surface area contributed by atoms with Crippen molar-refractivity contribution in [2.24, 2.45) is 5.73 Å². The van der Waals surface area contributed by atoms with Gasteiger partial charge >= 0.3 is 12.1 Å². The molecule has 7 nitrogen and oxygen atoms in total. The molecule has 0 spiro atoms. The van der Waals surface area contributed by atoms with E-state index in [1.165, 1.54) is 0 Å². The quantitative estimate of drug-likeness (QED) is 0.641. The molecular formula is C12H25N3O4. The van der Waals surface area contributed by atoms with E-state index in [4.69, 9.17) is 15.6 Å². The predicted octanol–water partition coefficient (Wildman–Crippen LogP) is 0.243. The molecule has 0 aromatic carbocycles. The minimum absolute atomic E-state index is 0.214. The number of hydrogen-bond acceptors (Lipinski definition) is 5. The maximum absolute atomic E-state index is 11.7. The highest BCUT2D eigenvalue weighted by molar-refractivity contribution is 5.69. The van der Waals surface area contributed by atoms with Crippen molar-refractivity contribution in [3.63, 3.8) is 0 Å². The Labute approximate surface area is 114 Å². The van der Waals surface area contributed by atoms with Crippen LogP contribution in [0, 0.1) is 0 Å². The van der Waals surface area contributed by atoms with Crippen LogP contribution in [0.5, 0.6) is 0 Å². The monoisotopic (exact) mass is 275 g/mol. The number of rotatable bonds is 6. The Morgan fingerprint density at radius 1 is 1.37 bits per heavy atom. The summed E-state index contributed by atoms with van der Waals surface area (Å²) >= 11 is 0. The summed E-state index contributed by atoms with van der Waals surface area (Å²) in [6.45, 7) is 5.70. The molecule has 19 heavy (non-hydrogen) atoms. The van der Waals surface area contributed by atoms with Gasteiger partial charge in [0, 0.05) is 12.6 Å². The van der Waals surface area contributed by atoms with Crippen molar-refractivity contribution in [1.29, 1.82) is 0 Å². The average Bonchev–Trinajstić information content (AvgIpc) is 2.11. The van der Waals surface area contributed by atoms with Gasteiger partial charge in [-0.15, -0.1) is 0 Å². The first-order chi connectivity index (χ1) is 8.51. The van der Waals surface area contributed by atoms with Crippen molar-refractivity contribution in [2.45, 2.75) is 44.9 Å². The molecule has 0 aliphatic heterocycles. The van der Waals surface area contributed by atoms with Crippen molar-refractivity contribution in [3.8, 4) is 0 Å². The Morgan fingerprint density at radius 2 is 1.89 bits per heavy atom. The van der Waals surface area contributed by atoms with E-state index in [2.05, 4.69) is 5.32 Å². The number of aliphatic carboxylic acids is 1. The van der Waals surface area contributed by atoms with E-state index in [0.717, 1.165) is 0 Å². The van der Waals surface area contributed by atoms with Crippen LogP contribution < -0.4 is 11.1 Å². The van der Waals surface area contributed by atoms with Gasteiger partial charge in [-0.2, -0.15) is 0 Å². The van der Waals surface area contributed by atoms with Crippen LogP contribution in [0.15, 0.2) is 0 Å². The second-order valence-corrected chi connectivity index (χ2v) is 5.78. The van der Waals surface area contributed by atoms with Crippen LogP contribution in [-0.2, 0) is 9.53 Å². The topological polar surface area (TPSA) is 105 Å². The summed E-state index contributed by atoms with van der Waals surface area (Å²) in [7, 11) is 3.63. The zero-order valence-electron chi connectivity index (χ0n) is 12.3. The predicted molar refractivity (Wildman–Crippen MR) is 71.9 cm³/mol. The van der Waals surface area contributed by atoms with Gasteiger partial charge in [-0.05, 0) is 34.9 Å². The largest absolute Gasteiger partial charge is 0.481 e. The van der Waals surface area contributed by atoms with Crippen molar-refractivity contribution in [2.75, 3.05) is 20.6 Å². The summed E-state index contributed by atoms with van der Waals surface area (Å²) < 4.78 is 5.13. The van der Waals surface area contributed by atoms with Crippen LogP contribution in [0.2, 0.25) is 0 Å². The highest BCUT2D eigenvalue weighted by Gasteiger charge is 2.25. The number of amides is 1. The minimum atomic E-state index is -0.998. The number of carbonyl (C=O) groups is 2. The first-order valence-electron chi connectivity index (χ1n) is 6.13. The van der Waals surface area contributed by atoms with Crippen LogP contribution >= 0.6 is 0 Å². The molecule has 0 saturated carbocycles. The third-order valence-corrected chi connectivity index (χ3v) is 2.19. The van der Waals surface area contributed by atoms with Gasteiger partial charge in [-0.3, -0.25) is 4.79 Å². The van der Waals surface area contributed by atoms with Crippen molar-refractivity contribution >= 4 is 12.1 Å². The average molecular weight is 275 g/mol. The fraction of sp³-hybridized carbons (Fsp3) is 0.833. The van der Waals surface area contributed by atoms with Gasteiger partial charge in [0.25, 0.3) is 0 Å². The van der Waals surface area contributed by atoms with Gasteiger partial charge in [0.2, 0.25) is 0 Å². The lowest BCUT2D eigenvalue weighted by atomic mass is 10.1. The molecule has 0 fully saturated rings. The molecule has 4 N–H and O–H groups in total. The summed E-state index contributed by atoms with van der Waals surface area (Å²) in [5, 5.41) is 11.4. The number of nitrogens with two attached hydrogens (primary N) is 1. The molecule has 7 heteroatoms.